The number of thiophene rings is 1. The number of pyridine rings is 1. The van der Waals surface area contributed by atoms with Gasteiger partial charge in [-0.05, 0) is 44.9 Å². The van der Waals surface area contributed by atoms with Gasteiger partial charge in [0.25, 0.3) is 5.56 Å². The molecule has 3 aliphatic rings. The highest BCUT2D eigenvalue weighted by atomic mass is 32.2. The molecule has 2 aromatic heterocycles. The highest BCUT2D eigenvalue weighted by Gasteiger charge is 2.41. The van der Waals surface area contributed by atoms with Crippen molar-refractivity contribution in [1.82, 2.24) is 14.8 Å². The molecule has 2 fully saturated rings. The minimum Gasteiger partial charge on any atom is -0.381 e. The summed E-state index contributed by atoms with van der Waals surface area (Å²) in [5.74, 6) is 0.147. The molecule has 1 saturated carbocycles. The van der Waals surface area contributed by atoms with E-state index in [1.54, 1.807) is 21.2 Å². The maximum absolute atomic E-state index is 15.0. The first-order valence-corrected chi connectivity index (χ1v) is 16.0. The maximum atomic E-state index is 15.0. The van der Waals surface area contributed by atoms with E-state index in [9.17, 15) is 28.2 Å². The van der Waals surface area contributed by atoms with Gasteiger partial charge in [-0.1, -0.05) is 6.58 Å². The molecule has 43 heavy (non-hydrogen) atoms. The molecular weight excluding hydrogens is 599 g/mol. The Balaban J connectivity index is 1.50. The zero-order chi connectivity index (χ0) is 30.6. The number of thioether (sulfide) groups is 1. The van der Waals surface area contributed by atoms with Crippen LogP contribution in [0.2, 0.25) is 0 Å². The predicted molar refractivity (Wildman–Crippen MR) is 164 cm³/mol. The van der Waals surface area contributed by atoms with Crippen molar-refractivity contribution < 1.29 is 22.7 Å². The van der Waals surface area contributed by atoms with Crippen LogP contribution >= 0.6 is 23.1 Å². The standard InChI is InChI=1S/C30H32F3N5O3S2/c1-4-23(39)38-15(2)11-37(12-16(38)3)28(34)19-9-21(30(31,32)33)24(20-14-42-22-7-8-35-29(40)25(20)22)27-26(19)36-10-18(13-43-27)41-17-5-6-17/h4,7-9,14-18,34,36H,1,5-6,10-13H2,2-3H3,(H,35,40)/t15-,16+,18?. The van der Waals surface area contributed by atoms with Gasteiger partial charge < -0.3 is 24.8 Å². The first-order chi connectivity index (χ1) is 20.5. The Kier molecular flexibility index (Phi) is 7.84. The summed E-state index contributed by atoms with van der Waals surface area (Å²) in [4.78, 5) is 31.7. The molecule has 1 saturated heterocycles. The molecule has 1 unspecified atom stereocenters. The normalized spacial score (nSPS) is 22.6. The van der Waals surface area contributed by atoms with Crippen LogP contribution in [-0.2, 0) is 15.7 Å². The maximum Gasteiger partial charge on any atom is 0.417 e. The second kappa shape index (κ2) is 11.3. The average Bonchev–Trinajstić information content (AvgIpc) is 3.71. The number of nitrogens with one attached hydrogen (secondary N) is 3. The molecular formula is C30H32F3N5O3S2. The molecule has 4 heterocycles. The molecule has 3 aromatic rings. The Bertz CT molecular complexity index is 1650. The zero-order valence-corrected chi connectivity index (χ0v) is 25.3. The number of H-pyrrole nitrogens is 1. The van der Waals surface area contributed by atoms with Crippen LogP contribution in [0, 0.1) is 5.41 Å². The van der Waals surface area contributed by atoms with Crippen LogP contribution < -0.4 is 10.9 Å². The molecule has 1 amide bonds. The fraction of sp³-hybridized carbons (Fsp3) is 0.433. The Morgan fingerprint density at radius 3 is 2.58 bits per heavy atom. The number of hydrogen-bond donors (Lipinski definition) is 3. The van der Waals surface area contributed by atoms with Gasteiger partial charge in [0.2, 0.25) is 5.91 Å². The number of fused-ring (bicyclic) bond motifs is 2. The van der Waals surface area contributed by atoms with Gasteiger partial charge >= 0.3 is 6.18 Å². The van der Waals surface area contributed by atoms with Crippen molar-refractivity contribution >= 4 is 50.6 Å². The number of amidine groups is 1. The largest absolute Gasteiger partial charge is 0.417 e. The summed E-state index contributed by atoms with van der Waals surface area (Å²) in [6.45, 7) is 8.24. The van der Waals surface area contributed by atoms with E-state index >= 15 is 0 Å². The highest BCUT2D eigenvalue weighted by Crippen LogP contribution is 2.50. The molecule has 3 atom stereocenters. The van der Waals surface area contributed by atoms with E-state index in [0.29, 0.717) is 27.6 Å². The van der Waals surface area contributed by atoms with Crippen molar-refractivity contribution in [3.05, 3.63) is 57.8 Å². The van der Waals surface area contributed by atoms with Crippen LogP contribution in [0.3, 0.4) is 0 Å². The second-order valence-corrected chi connectivity index (χ2v) is 13.2. The second-order valence-electron chi connectivity index (χ2n) is 11.3. The summed E-state index contributed by atoms with van der Waals surface area (Å²) >= 11 is 2.49. The number of aromatic nitrogens is 1. The summed E-state index contributed by atoms with van der Waals surface area (Å²) in [5.41, 5.74) is -0.637. The van der Waals surface area contributed by atoms with Gasteiger partial charge in [0.15, 0.2) is 0 Å². The van der Waals surface area contributed by atoms with Gasteiger partial charge in [0.05, 0.1) is 28.8 Å². The SMILES string of the molecule is C=CC(=O)N1[C@H](C)CN(C(=N)c2cc(C(F)(F)F)c(-c3csc4cc[nH]c(=O)c34)c3c2NCC(OC2CC2)CS3)C[C@@H]1C. The smallest absolute Gasteiger partial charge is 0.381 e. The third-order valence-electron chi connectivity index (χ3n) is 8.10. The minimum absolute atomic E-state index is 0.0552. The van der Waals surface area contributed by atoms with E-state index < -0.39 is 17.3 Å². The lowest BCUT2D eigenvalue weighted by molar-refractivity contribution is -0.137. The lowest BCUT2D eigenvalue weighted by Crippen LogP contribution is -2.59. The van der Waals surface area contributed by atoms with Crippen LogP contribution in [-0.4, -0.2) is 76.2 Å². The molecule has 8 nitrogen and oxygen atoms in total. The van der Waals surface area contributed by atoms with Crippen LogP contribution in [0.1, 0.15) is 37.8 Å². The Morgan fingerprint density at radius 2 is 1.93 bits per heavy atom. The molecule has 228 valence electrons. The van der Waals surface area contributed by atoms with Gasteiger partial charge in [0.1, 0.15) is 5.84 Å². The van der Waals surface area contributed by atoms with Gasteiger partial charge in [-0.2, -0.15) is 13.2 Å². The van der Waals surface area contributed by atoms with Gasteiger partial charge in [0, 0.05) is 75.3 Å². The molecule has 6 rings (SSSR count). The highest BCUT2D eigenvalue weighted by molar-refractivity contribution is 7.99. The zero-order valence-electron chi connectivity index (χ0n) is 23.7. The lowest BCUT2D eigenvalue weighted by atomic mass is 9.94. The van der Waals surface area contributed by atoms with Crippen molar-refractivity contribution in [2.24, 2.45) is 0 Å². The van der Waals surface area contributed by atoms with Crippen LogP contribution in [0.5, 0.6) is 0 Å². The summed E-state index contributed by atoms with van der Waals surface area (Å²) in [7, 11) is 0. The van der Waals surface area contributed by atoms with E-state index in [1.165, 1.54) is 35.4 Å². The molecule has 1 aromatic carbocycles. The number of ether oxygens (including phenoxy) is 1. The number of piperazine rings is 1. The fourth-order valence-electron chi connectivity index (χ4n) is 6.07. The topological polar surface area (TPSA) is 102 Å². The number of halogens is 3. The van der Waals surface area contributed by atoms with Crippen molar-refractivity contribution in [2.45, 2.75) is 62.1 Å². The van der Waals surface area contributed by atoms with Gasteiger partial charge in [-0.25, -0.2) is 0 Å². The number of anilines is 1. The number of rotatable bonds is 5. The fourth-order valence-corrected chi connectivity index (χ4v) is 8.25. The average molecular weight is 632 g/mol. The van der Waals surface area contributed by atoms with Gasteiger partial charge in [-0.3, -0.25) is 15.0 Å². The van der Waals surface area contributed by atoms with E-state index in [-0.39, 0.29) is 71.2 Å². The number of carbonyl (C=O) groups excluding carboxylic acids is 1. The summed E-state index contributed by atoms with van der Waals surface area (Å²) in [6.07, 6.45) is -0.161. The summed E-state index contributed by atoms with van der Waals surface area (Å²) in [5, 5.41) is 14.4. The van der Waals surface area contributed by atoms with E-state index in [2.05, 4.69) is 16.9 Å². The van der Waals surface area contributed by atoms with Crippen LogP contribution in [0.4, 0.5) is 18.9 Å². The molecule has 0 spiro atoms. The number of hydrogen-bond acceptors (Lipinski definition) is 7. The first-order valence-electron chi connectivity index (χ1n) is 14.2. The van der Waals surface area contributed by atoms with Crippen molar-refractivity contribution in [2.75, 3.05) is 30.7 Å². The van der Waals surface area contributed by atoms with Crippen LogP contribution in [0.25, 0.3) is 21.2 Å². The number of nitrogens with zero attached hydrogens (tertiary/aromatic N) is 2. The number of amides is 1. The number of aromatic amines is 1. The van der Waals surface area contributed by atoms with E-state index in [4.69, 9.17) is 4.74 Å². The molecule has 3 N–H and O–H groups in total. The van der Waals surface area contributed by atoms with Crippen molar-refractivity contribution in [1.29, 1.82) is 5.41 Å². The molecule has 13 heteroatoms. The molecule has 0 bridgehead atoms. The number of carbonyl (C=O) groups is 1. The quantitative estimate of drug-likeness (QED) is 0.188. The summed E-state index contributed by atoms with van der Waals surface area (Å²) < 4.78 is 51.7. The monoisotopic (exact) mass is 631 g/mol. The first kappa shape index (κ1) is 29.8. The van der Waals surface area contributed by atoms with Crippen molar-refractivity contribution in [3.63, 3.8) is 0 Å². The Morgan fingerprint density at radius 1 is 1.21 bits per heavy atom. The van der Waals surface area contributed by atoms with E-state index in [0.717, 1.165) is 18.9 Å². The molecule has 0 radical (unpaired) electrons. The third-order valence-corrected chi connectivity index (χ3v) is 10.3. The summed E-state index contributed by atoms with van der Waals surface area (Å²) in [6, 6.07) is 2.17. The Labute approximate surface area is 254 Å². The van der Waals surface area contributed by atoms with Crippen LogP contribution in [0.15, 0.2) is 46.1 Å². The molecule has 1 aliphatic carbocycles. The minimum atomic E-state index is -4.76. The lowest BCUT2D eigenvalue weighted by Gasteiger charge is -2.45. The number of alkyl halides is 3. The van der Waals surface area contributed by atoms with E-state index in [1.807, 2.05) is 13.8 Å². The molecule has 2 aliphatic heterocycles. The Hall–Kier alpha value is -3.29. The van der Waals surface area contributed by atoms with Crippen molar-refractivity contribution in [3.8, 4) is 11.1 Å². The predicted octanol–water partition coefficient (Wildman–Crippen LogP) is 5.77. The van der Waals surface area contributed by atoms with Gasteiger partial charge in [-0.15, -0.1) is 23.1 Å². The third kappa shape index (κ3) is 5.58. The number of benzene rings is 1.